The predicted molar refractivity (Wildman–Crippen MR) is 92.6 cm³/mol. The quantitative estimate of drug-likeness (QED) is 0.883. The molecule has 5 nitrogen and oxygen atoms in total. The van der Waals surface area contributed by atoms with Gasteiger partial charge in [0.1, 0.15) is 0 Å². The Labute approximate surface area is 136 Å². The van der Waals surface area contributed by atoms with Gasteiger partial charge in [-0.25, -0.2) is 8.42 Å². The fourth-order valence-corrected chi connectivity index (χ4v) is 3.36. The molecule has 2 N–H and O–H groups in total. The molecule has 0 unspecified atom stereocenters. The van der Waals surface area contributed by atoms with Crippen molar-refractivity contribution in [3.63, 3.8) is 0 Å². The van der Waals surface area contributed by atoms with Crippen molar-refractivity contribution in [3.8, 4) is 0 Å². The van der Waals surface area contributed by atoms with Gasteiger partial charge in [-0.3, -0.25) is 4.79 Å². The van der Waals surface area contributed by atoms with E-state index in [0.717, 1.165) is 11.3 Å². The molecule has 0 atom stereocenters. The van der Waals surface area contributed by atoms with Gasteiger partial charge in [0, 0.05) is 17.6 Å². The molecule has 0 aliphatic carbocycles. The van der Waals surface area contributed by atoms with Crippen LogP contribution in [0.4, 0.5) is 11.4 Å². The Kier molecular flexibility index (Phi) is 5.05. The lowest BCUT2D eigenvalue weighted by molar-refractivity contribution is -0.114. The molecule has 0 aliphatic rings. The first-order valence-electron chi connectivity index (χ1n) is 7.17. The van der Waals surface area contributed by atoms with Crippen LogP contribution in [0.1, 0.15) is 11.1 Å². The molecule has 0 saturated carbocycles. The number of benzene rings is 2. The van der Waals surface area contributed by atoms with Crippen LogP contribution in [-0.2, 0) is 14.6 Å². The summed E-state index contributed by atoms with van der Waals surface area (Å²) in [5, 5.41) is 5.78. The summed E-state index contributed by atoms with van der Waals surface area (Å²) < 4.78 is 23.7. The van der Waals surface area contributed by atoms with E-state index in [9.17, 15) is 13.2 Å². The molecular formula is C17H20N2O3S. The van der Waals surface area contributed by atoms with Crippen molar-refractivity contribution in [1.29, 1.82) is 0 Å². The van der Waals surface area contributed by atoms with Crippen molar-refractivity contribution < 1.29 is 13.2 Å². The van der Waals surface area contributed by atoms with E-state index in [2.05, 4.69) is 10.6 Å². The SMILES string of the molecule is Cc1cc(NCC(=O)Nc2ccccc2)c(C)c(S(C)(=O)=O)c1. The maximum atomic E-state index is 12.0. The average molecular weight is 332 g/mol. The van der Waals surface area contributed by atoms with Crippen molar-refractivity contribution in [2.45, 2.75) is 18.7 Å². The number of amides is 1. The summed E-state index contributed by atoms with van der Waals surface area (Å²) in [7, 11) is -3.31. The van der Waals surface area contributed by atoms with Gasteiger partial charge in [-0.2, -0.15) is 0 Å². The van der Waals surface area contributed by atoms with E-state index < -0.39 is 9.84 Å². The number of carbonyl (C=O) groups is 1. The first-order valence-corrected chi connectivity index (χ1v) is 9.06. The van der Waals surface area contributed by atoms with E-state index >= 15 is 0 Å². The smallest absolute Gasteiger partial charge is 0.243 e. The van der Waals surface area contributed by atoms with Crippen molar-refractivity contribution in [3.05, 3.63) is 53.6 Å². The van der Waals surface area contributed by atoms with E-state index in [0.29, 0.717) is 11.3 Å². The summed E-state index contributed by atoms with van der Waals surface area (Å²) in [5.41, 5.74) is 2.80. The summed E-state index contributed by atoms with van der Waals surface area (Å²) in [6.07, 6.45) is 1.18. The molecule has 122 valence electrons. The van der Waals surface area contributed by atoms with E-state index in [1.165, 1.54) is 6.26 Å². The molecule has 6 heteroatoms. The number of hydrogen-bond donors (Lipinski definition) is 2. The molecule has 23 heavy (non-hydrogen) atoms. The molecule has 1 amide bonds. The Morgan fingerprint density at radius 3 is 2.35 bits per heavy atom. The Morgan fingerprint density at radius 2 is 1.74 bits per heavy atom. The highest BCUT2D eigenvalue weighted by atomic mass is 32.2. The summed E-state index contributed by atoms with van der Waals surface area (Å²) in [5.74, 6) is -0.196. The van der Waals surface area contributed by atoms with Crippen molar-refractivity contribution >= 4 is 27.1 Å². The van der Waals surface area contributed by atoms with Crippen LogP contribution in [0.3, 0.4) is 0 Å². The highest BCUT2D eigenvalue weighted by molar-refractivity contribution is 7.90. The molecule has 0 aliphatic heterocycles. The molecule has 0 aromatic heterocycles. The van der Waals surface area contributed by atoms with Crippen LogP contribution in [0.5, 0.6) is 0 Å². The Morgan fingerprint density at radius 1 is 1.09 bits per heavy atom. The monoisotopic (exact) mass is 332 g/mol. The zero-order valence-electron chi connectivity index (χ0n) is 13.4. The second-order valence-electron chi connectivity index (χ2n) is 5.48. The van der Waals surface area contributed by atoms with Gasteiger partial charge in [-0.15, -0.1) is 0 Å². The van der Waals surface area contributed by atoms with Crippen LogP contribution in [-0.4, -0.2) is 27.1 Å². The van der Waals surface area contributed by atoms with Gasteiger partial charge in [0.15, 0.2) is 9.84 Å². The predicted octanol–water partition coefficient (Wildman–Crippen LogP) is 2.76. The fraction of sp³-hybridized carbons (Fsp3) is 0.235. The molecule has 0 saturated heterocycles. The van der Waals surface area contributed by atoms with Crippen LogP contribution in [0.25, 0.3) is 0 Å². The van der Waals surface area contributed by atoms with Gasteiger partial charge in [-0.05, 0) is 49.2 Å². The minimum atomic E-state index is -3.31. The highest BCUT2D eigenvalue weighted by Gasteiger charge is 2.15. The van der Waals surface area contributed by atoms with Gasteiger partial charge < -0.3 is 10.6 Å². The number of aryl methyl sites for hydroxylation is 1. The van der Waals surface area contributed by atoms with Crippen LogP contribution < -0.4 is 10.6 Å². The van der Waals surface area contributed by atoms with Gasteiger partial charge in [0.05, 0.1) is 11.4 Å². The number of nitrogens with one attached hydrogen (secondary N) is 2. The van der Waals surface area contributed by atoms with Gasteiger partial charge >= 0.3 is 0 Å². The molecule has 2 aromatic carbocycles. The number of carbonyl (C=O) groups excluding carboxylic acids is 1. The van der Waals surface area contributed by atoms with Crippen molar-refractivity contribution in [1.82, 2.24) is 0 Å². The second kappa shape index (κ2) is 6.83. The lowest BCUT2D eigenvalue weighted by atomic mass is 10.1. The molecule has 0 radical (unpaired) electrons. The molecule has 0 heterocycles. The number of sulfone groups is 1. The zero-order chi connectivity index (χ0) is 17.0. The molecule has 0 bridgehead atoms. The third-order valence-corrected chi connectivity index (χ3v) is 4.62. The third kappa shape index (κ3) is 4.56. The summed E-state index contributed by atoms with van der Waals surface area (Å²) in [6.45, 7) is 3.61. The van der Waals surface area contributed by atoms with Gasteiger partial charge in [0.2, 0.25) is 5.91 Å². The van der Waals surface area contributed by atoms with E-state index in [-0.39, 0.29) is 17.3 Å². The normalized spacial score (nSPS) is 11.1. The second-order valence-corrected chi connectivity index (χ2v) is 7.46. The summed E-state index contributed by atoms with van der Waals surface area (Å²) >= 11 is 0. The lowest BCUT2D eigenvalue weighted by Gasteiger charge is -2.14. The number of hydrogen-bond acceptors (Lipinski definition) is 4. The van der Waals surface area contributed by atoms with Crippen LogP contribution in [0.15, 0.2) is 47.4 Å². The van der Waals surface area contributed by atoms with E-state index in [1.54, 1.807) is 25.1 Å². The number of para-hydroxylation sites is 1. The minimum Gasteiger partial charge on any atom is -0.376 e. The van der Waals surface area contributed by atoms with E-state index in [1.807, 2.05) is 31.2 Å². The first-order chi connectivity index (χ1) is 10.8. The highest BCUT2D eigenvalue weighted by Crippen LogP contribution is 2.25. The van der Waals surface area contributed by atoms with Crippen LogP contribution in [0.2, 0.25) is 0 Å². The molecule has 2 rings (SSSR count). The largest absolute Gasteiger partial charge is 0.376 e. The Hall–Kier alpha value is -2.34. The standard InChI is InChI=1S/C17H20N2O3S/c1-12-9-15(13(2)16(10-12)23(3,21)22)18-11-17(20)19-14-7-5-4-6-8-14/h4-10,18H,11H2,1-3H3,(H,19,20). The van der Waals surface area contributed by atoms with Gasteiger partial charge in [0.25, 0.3) is 0 Å². The fourth-order valence-electron chi connectivity index (χ4n) is 2.30. The van der Waals surface area contributed by atoms with Crippen LogP contribution in [0, 0.1) is 13.8 Å². The molecular weight excluding hydrogens is 312 g/mol. The molecule has 0 spiro atoms. The molecule has 0 fully saturated rings. The summed E-state index contributed by atoms with van der Waals surface area (Å²) in [4.78, 5) is 12.3. The maximum absolute atomic E-state index is 12.0. The average Bonchev–Trinajstić information content (AvgIpc) is 2.47. The maximum Gasteiger partial charge on any atom is 0.243 e. The Bertz CT molecular complexity index is 815. The van der Waals surface area contributed by atoms with Crippen molar-refractivity contribution in [2.24, 2.45) is 0 Å². The third-order valence-electron chi connectivity index (χ3n) is 3.40. The first kappa shape index (κ1) is 17.0. The molecule has 2 aromatic rings. The number of rotatable bonds is 5. The number of anilines is 2. The Balaban J connectivity index is 2.12. The van der Waals surface area contributed by atoms with Crippen LogP contribution >= 0.6 is 0 Å². The lowest BCUT2D eigenvalue weighted by Crippen LogP contribution is -2.22. The van der Waals surface area contributed by atoms with E-state index in [4.69, 9.17) is 0 Å². The summed E-state index contributed by atoms with van der Waals surface area (Å²) in [6, 6.07) is 12.6. The zero-order valence-corrected chi connectivity index (χ0v) is 14.2. The van der Waals surface area contributed by atoms with Gasteiger partial charge in [-0.1, -0.05) is 18.2 Å². The van der Waals surface area contributed by atoms with Crippen molar-refractivity contribution in [2.75, 3.05) is 23.4 Å². The topological polar surface area (TPSA) is 75.3 Å². The minimum absolute atomic E-state index is 0.0579.